The molecular weight excluding hydrogens is 180 g/mol. The minimum absolute atomic E-state index is 0.0158. The highest BCUT2D eigenvalue weighted by Crippen LogP contribution is 2.04. The Balaban J connectivity index is 2.31. The molecule has 3 N–H and O–H groups in total. The fourth-order valence-electron chi connectivity index (χ4n) is 1.13. The standard InChI is InChI=1S/C9H16N4O/c1-13-8(5-7-11-13)12-9(14)4-2-3-6-10/h5,7H,2-4,6,10H2,1H3,(H,12,14). The summed E-state index contributed by atoms with van der Waals surface area (Å²) in [4.78, 5) is 11.3. The van der Waals surface area contributed by atoms with Gasteiger partial charge in [0, 0.05) is 19.5 Å². The molecule has 5 heteroatoms. The van der Waals surface area contributed by atoms with Gasteiger partial charge in [0.05, 0.1) is 6.20 Å². The molecule has 0 bridgehead atoms. The van der Waals surface area contributed by atoms with Crippen molar-refractivity contribution in [1.29, 1.82) is 0 Å². The number of nitrogens with one attached hydrogen (secondary N) is 1. The van der Waals surface area contributed by atoms with Gasteiger partial charge in [-0.25, -0.2) is 0 Å². The predicted molar refractivity (Wildman–Crippen MR) is 54.7 cm³/mol. The normalized spacial score (nSPS) is 10.1. The van der Waals surface area contributed by atoms with E-state index in [1.165, 1.54) is 0 Å². The summed E-state index contributed by atoms with van der Waals surface area (Å²) in [6, 6.07) is 1.76. The zero-order valence-electron chi connectivity index (χ0n) is 8.36. The molecule has 0 aromatic carbocycles. The van der Waals surface area contributed by atoms with Crippen LogP contribution >= 0.6 is 0 Å². The predicted octanol–water partition coefficient (Wildman–Crippen LogP) is 0.488. The van der Waals surface area contributed by atoms with Crippen molar-refractivity contribution in [3.05, 3.63) is 12.3 Å². The smallest absolute Gasteiger partial charge is 0.225 e. The van der Waals surface area contributed by atoms with Gasteiger partial charge in [0.1, 0.15) is 5.82 Å². The van der Waals surface area contributed by atoms with Gasteiger partial charge in [-0.1, -0.05) is 0 Å². The molecule has 1 aromatic heterocycles. The van der Waals surface area contributed by atoms with Crippen molar-refractivity contribution < 1.29 is 4.79 Å². The van der Waals surface area contributed by atoms with Crippen molar-refractivity contribution >= 4 is 11.7 Å². The van der Waals surface area contributed by atoms with Crippen LogP contribution in [0, 0.1) is 0 Å². The van der Waals surface area contributed by atoms with E-state index in [2.05, 4.69) is 10.4 Å². The molecule has 0 spiro atoms. The van der Waals surface area contributed by atoms with Gasteiger partial charge >= 0.3 is 0 Å². The number of unbranched alkanes of at least 4 members (excludes halogenated alkanes) is 1. The molecule has 14 heavy (non-hydrogen) atoms. The van der Waals surface area contributed by atoms with Crippen molar-refractivity contribution in [2.45, 2.75) is 19.3 Å². The van der Waals surface area contributed by atoms with Crippen LogP contribution in [-0.4, -0.2) is 22.2 Å². The quantitative estimate of drug-likeness (QED) is 0.673. The number of hydrogen-bond donors (Lipinski definition) is 2. The van der Waals surface area contributed by atoms with Gasteiger partial charge in [-0.15, -0.1) is 0 Å². The number of anilines is 1. The summed E-state index contributed by atoms with van der Waals surface area (Å²) >= 11 is 0. The Morgan fingerprint density at radius 2 is 2.43 bits per heavy atom. The first kappa shape index (κ1) is 10.7. The Morgan fingerprint density at radius 1 is 1.64 bits per heavy atom. The molecule has 0 atom stereocenters. The van der Waals surface area contributed by atoms with E-state index in [1.807, 2.05) is 0 Å². The largest absolute Gasteiger partial charge is 0.330 e. The summed E-state index contributed by atoms with van der Waals surface area (Å²) in [6.07, 6.45) is 3.89. The molecule has 1 heterocycles. The molecule has 78 valence electrons. The topological polar surface area (TPSA) is 72.9 Å². The Morgan fingerprint density at radius 3 is 3.00 bits per heavy atom. The van der Waals surface area contributed by atoms with Crippen LogP contribution in [0.5, 0.6) is 0 Å². The molecule has 5 nitrogen and oxygen atoms in total. The third-order valence-electron chi connectivity index (χ3n) is 1.95. The molecule has 0 radical (unpaired) electrons. The van der Waals surface area contributed by atoms with Crippen LogP contribution in [-0.2, 0) is 11.8 Å². The fraction of sp³-hybridized carbons (Fsp3) is 0.556. The minimum atomic E-state index is 0.0158. The van der Waals surface area contributed by atoms with Crippen molar-refractivity contribution in [2.24, 2.45) is 12.8 Å². The number of carbonyl (C=O) groups is 1. The zero-order chi connectivity index (χ0) is 10.4. The number of nitrogens with two attached hydrogens (primary N) is 1. The first-order chi connectivity index (χ1) is 6.74. The molecule has 0 fully saturated rings. The average Bonchev–Trinajstić information content (AvgIpc) is 2.52. The lowest BCUT2D eigenvalue weighted by Crippen LogP contribution is -2.14. The fourth-order valence-corrected chi connectivity index (χ4v) is 1.13. The summed E-state index contributed by atoms with van der Waals surface area (Å²) in [5.74, 6) is 0.741. The van der Waals surface area contributed by atoms with E-state index in [-0.39, 0.29) is 5.91 Å². The highest BCUT2D eigenvalue weighted by Gasteiger charge is 2.03. The van der Waals surface area contributed by atoms with Gasteiger partial charge in [-0.3, -0.25) is 9.48 Å². The first-order valence-corrected chi connectivity index (χ1v) is 4.72. The third-order valence-corrected chi connectivity index (χ3v) is 1.95. The molecule has 1 rings (SSSR count). The van der Waals surface area contributed by atoms with Crippen molar-refractivity contribution in [1.82, 2.24) is 9.78 Å². The number of amides is 1. The highest BCUT2D eigenvalue weighted by molar-refractivity contribution is 5.89. The van der Waals surface area contributed by atoms with Gasteiger partial charge < -0.3 is 11.1 Å². The summed E-state index contributed by atoms with van der Waals surface area (Å²) < 4.78 is 1.63. The Bertz CT molecular complexity index is 295. The SMILES string of the molecule is Cn1nccc1NC(=O)CCCCN. The van der Waals surface area contributed by atoms with Crippen LogP contribution in [0.25, 0.3) is 0 Å². The van der Waals surface area contributed by atoms with E-state index in [4.69, 9.17) is 5.73 Å². The molecule has 0 aliphatic rings. The summed E-state index contributed by atoms with van der Waals surface area (Å²) in [6.45, 7) is 0.638. The molecule has 0 saturated carbocycles. The van der Waals surface area contributed by atoms with Crippen molar-refractivity contribution in [2.75, 3.05) is 11.9 Å². The second-order valence-corrected chi connectivity index (χ2v) is 3.13. The number of nitrogens with zero attached hydrogens (tertiary/aromatic N) is 2. The van der Waals surface area contributed by atoms with Crippen LogP contribution in [0.4, 0.5) is 5.82 Å². The Labute approximate surface area is 83.3 Å². The van der Waals surface area contributed by atoms with E-state index in [1.54, 1.807) is 24.0 Å². The van der Waals surface area contributed by atoms with Gasteiger partial charge in [-0.05, 0) is 19.4 Å². The van der Waals surface area contributed by atoms with Crippen molar-refractivity contribution in [3.63, 3.8) is 0 Å². The van der Waals surface area contributed by atoms with Gasteiger partial charge in [0.2, 0.25) is 5.91 Å². The lowest BCUT2D eigenvalue weighted by Gasteiger charge is -2.04. The Kier molecular flexibility index (Phi) is 4.12. The van der Waals surface area contributed by atoms with E-state index >= 15 is 0 Å². The maximum Gasteiger partial charge on any atom is 0.225 e. The zero-order valence-corrected chi connectivity index (χ0v) is 8.36. The van der Waals surface area contributed by atoms with Gasteiger partial charge in [0.15, 0.2) is 0 Å². The molecule has 0 saturated heterocycles. The van der Waals surface area contributed by atoms with Crippen LogP contribution in [0.3, 0.4) is 0 Å². The highest BCUT2D eigenvalue weighted by atomic mass is 16.1. The maximum atomic E-state index is 11.3. The minimum Gasteiger partial charge on any atom is -0.330 e. The van der Waals surface area contributed by atoms with Gasteiger partial charge in [0.25, 0.3) is 0 Å². The summed E-state index contributed by atoms with van der Waals surface area (Å²) in [7, 11) is 1.79. The van der Waals surface area contributed by atoms with Crippen LogP contribution in [0.1, 0.15) is 19.3 Å². The van der Waals surface area contributed by atoms with E-state index in [0.717, 1.165) is 18.7 Å². The number of rotatable bonds is 5. The van der Waals surface area contributed by atoms with Gasteiger partial charge in [-0.2, -0.15) is 5.10 Å². The van der Waals surface area contributed by atoms with E-state index in [0.29, 0.717) is 13.0 Å². The molecule has 0 aliphatic heterocycles. The second kappa shape index (κ2) is 5.39. The van der Waals surface area contributed by atoms with Crippen molar-refractivity contribution in [3.8, 4) is 0 Å². The molecular formula is C9H16N4O. The molecule has 1 aromatic rings. The molecule has 1 amide bonds. The van der Waals surface area contributed by atoms with E-state index < -0.39 is 0 Å². The summed E-state index contributed by atoms with van der Waals surface area (Å²) in [5.41, 5.74) is 5.33. The number of hydrogen-bond acceptors (Lipinski definition) is 3. The third kappa shape index (κ3) is 3.18. The maximum absolute atomic E-state index is 11.3. The summed E-state index contributed by atoms with van der Waals surface area (Å²) in [5, 5.41) is 6.72. The first-order valence-electron chi connectivity index (χ1n) is 4.72. The van der Waals surface area contributed by atoms with Crippen LogP contribution < -0.4 is 11.1 Å². The molecule has 0 unspecified atom stereocenters. The molecule has 0 aliphatic carbocycles. The lowest BCUT2D eigenvalue weighted by molar-refractivity contribution is -0.116. The number of carbonyl (C=O) groups excluding carboxylic acids is 1. The lowest BCUT2D eigenvalue weighted by atomic mass is 10.2. The Hall–Kier alpha value is -1.36. The second-order valence-electron chi connectivity index (χ2n) is 3.13. The van der Waals surface area contributed by atoms with E-state index in [9.17, 15) is 4.79 Å². The number of aryl methyl sites for hydroxylation is 1. The average molecular weight is 196 g/mol. The van der Waals surface area contributed by atoms with Crippen LogP contribution in [0.2, 0.25) is 0 Å². The monoisotopic (exact) mass is 196 g/mol. The number of aromatic nitrogens is 2. The van der Waals surface area contributed by atoms with Crippen LogP contribution in [0.15, 0.2) is 12.3 Å².